The Morgan fingerprint density at radius 1 is 1.45 bits per heavy atom. The first-order valence-corrected chi connectivity index (χ1v) is 4.22. The molecule has 0 radical (unpaired) electrons. The van der Waals surface area contributed by atoms with Crippen LogP contribution < -0.4 is 11.1 Å². The van der Waals surface area contributed by atoms with Gasteiger partial charge in [0.05, 0.1) is 5.92 Å². The smallest absolute Gasteiger partial charge is 0.222 e. The molecule has 0 unspecified atom stereocenters. The molecule has 0 spiro atoms. The molecule has 0 aliphatic heterocycles. The minimum Gasteiger partial charge on any atom is -0.369 e. The van der Waals surface area contributed by atoms with Crippen LogP contribution in [0, 0.1) is 5.92 Å². The van der Waals surface area contributed by atoms with E-state index < -0.39 is 0 Å². The lowest BCUT2D eigenvalue weighted by molar-refractivity contribution is -0.123. The molecule has 0 aromatic carbocycles. The fourth-order valence-electron chi connectivity index (χ4n) is 1.82. The third kappa shape index (κ3) is 1.93. The highest BCUT2D eigenvalue weighted by molar-refractivity contribution is 5.77. The summed E-state index contributed by atoms with van der Waals surface area (Å²) < 4.78 is 0. The number of hydrogen-bond donors (Lipinski definition) is 2. The minimum absolute atomic E-state index is 0.0637. The van der Waals surface area contributed by atoms with Crippen molar-refractivity contribution in [3.05, 3.63) is 0 Å². The van der Waals surface area contributed by atoms with E-state index in [1.807, 2.05) is 7.05 Å². The third-order valence-corrected chi connectivity index (χ3v) is 2.50. The summed E-state index contributed by atoms with van der Waals surface area (Å²) >= 11 is 0. The summed E-state index contributed by atoms with van der Waals surface area (Å²) in [5.74, 6) is -0.0854. The van der Waals surface area contributed by atoms with E-state index in [2.05, 4.69) is 5.32 Å². The molecule has 3 heteroatoms. The first kappa shape index (κ1) is 8.53. The van der Waals surface area contributed by atoms with Crippen molar-refractivity contribution in [3.63, 3.8) is 0 Å². The standard InChI is InChI=1S/C8H16N2O/c1-10-7-5-3-2-4-6(7)8(9)11/h6-7,10H,2-5H2,1H3,(H2,9,11)/t6-,7+/m0/s1. The van der Waals surface area contributed by atoms with E-state index in [1.54, 1.807) is 0 Å². The summed E-state index contributed by atoms with van der Waals surface area (Å²) in [6.45, 7) is 0. The summed E-state index contributed by atoms with van der Waals surface area (Å²) in [7, 11) is 1.89. The van der Waals surface area contributed by atoms with E-state index in [9.17, 15) is 4.79 Å². The van der Waals surface area contributed by atoms with Crippen molar-refractivity contribution in [2.75, 3.05) is 7.05 Å². The number of carbonyl (C=O) groups excluding carboxylic acids is 1. The second-order valence-electron chi connectivity index (χ2n) is 3.19. The number of amides is 1. The zero-order chi connectivity index (χ0) is 8.27. The summed E-state index contributed by atoms with van der Waals surface area (Å²) in [4.78, 5) is 10.9. The number of rotatable bonds is 2. The van der Waals surface area contributed by atoms with Crippen LogP contribution in [0.1, 0.15) is 25.7 Å². The lowest BCUT2D eigenvalue weighted by Gasteiger charge is -2.28. The summed E-state index contributed by atoms with van der Waals surface area (Å²) in [6, 6.07) is 0.321. The van der Waals surface area contributed by atoms with Crippen molar-refractivity contribution < 1.29 is 4.79 Å². The average molecular weight is 156 g/mol. The monoisotopic (exact) mass is 156 g/mol. The van der Waals surface area contributed by atoms with E-state index >= 15 is 0 Å². The SMILES string of the molecule is CN[C@@H]1CCCC[C@@H]1C(N)=O. The molecule has 0 saturated heterocycles. The van der Waals surface area contributed by atoms with Gasteiger partial charge in [-0.15, -0.1) is 0 Å². The van der Waals surface area contributed by atoms with Crippen molar-refractivity contribution in [2.24, 2.45) is 11.7 Å². The largest absolute Gasteiger partial charge is 0.369 e. The van der Waals surface area contributed by atoms with Gasteiger partial charge in [-0.3, -0.25) is 4.79 Å². The topological polar surface area (TPSA) is 55.1 Å². The Morgan fingerprint density at radius 3 is 2.55 bits per heavy atom. The van der Waals surface area contributed by atoms with Crippen LogP contribution in [0.2, 0.25) is 0 Å². The lowest BCUT2D eigenvalue weighted by Crippen LogP contribution is -2.43. The fraction of sp³-hybridized carbons (Fsp3) is 0.875. The van der Waals surface area contributed by atoms with Gasteiger partial charge in [0.15, 0.2) is 0 Å². The van der Waals surface area contributed by atoms with Crippen molar-refractivity contribution in [2.45, 2.75) is 31.7 Å². The second kappa shape index (κ2) is 3.72. The molecular formula is C8H16N2O. The maximum absolute atomic E-state index is 10.9. The molecular weight excluding hydrogens is 140 g/mol. The van der Waals surface area contributed by atoms with E-state index in [-0.39, 0.29) is 11.8 Å². The molecule has 2 atom stereocenters. The highest BCUT2D eigenvalue weighted by atomic mass is 16.1. The van der Waals surface area contributed by atoms with Crippen molar-refractivity contribution in [3.8, 4) is 0 Å². The molecule has 0 aromatic rings. The van der Waals surface area contributed by atoms with Crippen LogP contribution >= 0.6 is 0 Å². The average Bonchev–Trinajstić information content (AvgIpc) is 2.04. The Balaban J connectivity index is 2.51. The van der Waals surface area contributed by atoms with Gasteiger partial charge < -0.3 is 11.1 Å². The highest BCUT2D eigenvalue weighted by Crippen LogP contribution is 2.23. The molecule has 64 valence electrons. The van der Waals surface area contributed by atoms with E-state index in [4.69, 9.17) is 5.73 Å². The highest BCUT2D eigenvalue weighted by Gasteiger charge is 2.27. The molecule has 0 heterocycles. The van der Waals surface area contributed by atoms with Gasteiger partial charge >= 0.3 is 0 Å². The summed E-state index contributed by atoms with van der Waals surface area (Å²) in [5, 5.41) is 3.13. The van der Waals surface area contributed by atoms with E-state index in [1.165, 1.54) is 6.42 Å². The van der Waals surface area contributed by atoms with Crippen LogP contribution in [-0.2, 0) is 4.79 Å². The van der Waals surface area contributed by atoms with Gasteiger partial charge in [0.25, 0.3) is 0 Å². The quantitative estimate of drug-likeness (QED) is 0.602. The van der Waals surface area contributed by atoms with Gasteiger partial charge in [-0.05, 0) is 19.9 Å². The fourth-order valence-corrected chi connectivity index (χ4v) is 1.82. The van der Waals surface area contributed by atoms with Crippen LogP contribution in [0.15, 0.2) is 0 Å². The van der Waals surface area contributed by atoms with Crippen LogP contribution in [-0.4, -0.2) is 19.0 Å². The van der Waals surface area contributed by atoms with Crippen molar-refractivity contribution >= 4 is 5.91 Å². The predicted octanol–water partition coefficient (Wildman–Crippen LogP) is 0.250. The molecule has 1 rings (SSSR count). The molecule has 1 saturated carbocycles. The Bertz CT molecular complexity index is 147. The number of nitrogens with two attached hydrogens (primary N) is 1. The summed E-state index contributed by atoms with van der Waals surface area (Å²) in [6.07, 6.45) is 4.41. The van der Waals surface area contributed by atoms with Gasteiger partial charge in [-0.1, -0.05) is 12.8 Å². The predicted molar refractivity (Wildman–Crippen MR) is 44.0 cm³/mol. The lowest BCUT2D eigenvalue weighted by atomic mass is 9.84. The van der Waals surface area contributed by atoms with Gasteiger partial charge in [0.1, 0.15) is 0 Å². The zero-order valence-corrected chi connectivity index (χ0v) is 6.97. The first-order chi connectivity index (χ1) is 5.25. The van der Waals surface area contributed by atoms with Gasteiger partial charge in [-0.2, -0.15) is 0 Å². The van der Waals surface area contributed by atoms with Gasteiger partial charge in [0, 0.05) is 6.04 Å². The van der Waals surface area contributed by atoms with Crippen LogP contribution in [0.5, 0.6) is 0 Å². The number of hydrogen-bond acceptors (Lipinski definition) is 2. The maximum atomic E-state index is 10.9. The molecule has 1 aliphatic carbocycles. The number of carbonyl (C=O) groups is 1. The van der Waals surface area contributed by atoms with Crippen LogP contribution in [0.3, 0.4) is 0 Å². The van der Waals surface area contributed by atoms with Gasteiger partial charge in [-0.25, -0.2) is 0 Å². The molecule has 1 aliphatic rings. The number of primary amides is 1. The Hall–Kier alpha value is -0.570. The number of nitrogens with one attached hydrogen (secondary N) is 1. The van der Waals surface area contributed by atoms with Crippen molar-refractivity contribution in [1.29, 1.82) is 0 Å². The molecule has 1 fully saturated rings. The van der Waals surface area contributed by atoms with Crippen LogP contribution in [0.4, 0.5) is 0 Å². The van der Waals surface area contributed by atoms with E-state index in [0.29, 0.717) is 6.04 Å². The molecule has 0 aromatic heterocycles. The first-order valence-electron chi connectivity index (χ1n) is 4.22. The Kier molecular flexibility index (Phi) is 2.88. The molecule has 11 heavy (non-hydrogen) atoms. The molecule has 3 N–H and O–H groups in total. The Labute approximate surface area is 67.3 Å². The second-order valence-corrected chi connectivity index (χ2v) is 3.19. The Morgan fingerprint density at radius 2 is 2.09 bits per heavy atom. The molecule has 3 nitrogen and oxygen atoms in total. The zero-order valence-electron chi connectivity index (χ0n) is 6.97. The maximum Gasteiger partial charge on any atom is 0.222 e. The molecule has 0 bridgehead atoms. The minimum atomic E-state index is -0.149. The third-order valence-electron chi connectivity index (χ3n) is 2.50. The van der Waals surface area contributed by atoms with Crippen molar-refractivity contribution in [1.82, 2.24) is 5.32 Å². The van der Waals surface area contributed by atoms with E-state index in [0.717, 1.165) is 19.3 Å². The molecule has 1 amide bonds. The summed E-state index contributed by atoms with van der Waals surface area (Å²) in [5.41, 5.74) is 5.25. The van der Waals surface area contributed by atoms with Crippen LogP contribution in [0.25, 0.3) is 0 Å². The van der Waals surface area contributed by atoms with Gasteiger partial charge in [0.2, 0.25) is 5.91 Å². The normalized spacial score (nSPS) is 31.7.